The summed E-state index contributed by atoms with van der Waals surface area (Å²) in [5.41, 5.74) is 0.209. The van der Waals surface area contributed by atoms with Gasteiger partial charge in [-0.2, -0.15) is 4.72 Å². The van der Waals surface area contributed by atoms with Gasteiger partial charge in [0, 0.05) is 12.6 Å². The molecule has 1 aliphatic carbocycles. The van der Waals surface area contributed by atoms with Crippen LogP contribution in [0.2, 0.25) is 0 Å². The molecule has 0 unspecified atom stereocenters. The first-order chi connectivity index (χ1) is 13.3. The lowest BCUT2D eigenvalue weighted by Gasteiger charge is -2.44. The number of nitrogens with one attached hydrogen (secondary N) is 1. The number of likely N-dealkylation sites (tertiary alicyclic amines) is 1. The molecule has 1 N–H and O–H groups in total. The molecule has 1 saturated carbocycles. The predicted octanol–water partition coefficient (Wildman–Crippen LogP) is 1.29. The van der Waals surface area contributed by atoms with Crippen molar-refractivity contribution in [3.63, 3.8) is 0 Å². The van der Waals surface area contributed by atoms with Crippen LogP contribution in [0.4, 0.5) is 0 Å². The first kappa shape index (κ1) is 20.8. The van der Waals surface area contributed by atoms with Gasteiger partial charge in [-0.25, -0.2) is 8.42 Å². The van der Waals surface area contributed by atoms with E-state index in [1.165, 1.54) is 20.3 Å². The quantitative estimate of drug-likeness (QED) is 0.698. The zero-order chi connectivity index (χ0) is 20.3. The third kappa shape index (κ3) is 4.54. The molecule has 1 saturated heterocycles. The molecule has 1 aromatic rings. The first-order valence-corrected chi connectivity index (χ1v) is 11.2. The minimum atomic E-state index is -3.95. The van der Waals surface area contributed by atoms with Crippen molar-refractivity contribution in [3.8, 4) is 0 Å². The van der Waals surface area contributed by atoms with Crippen LogP contribution < -0.4 is 4.72 Å². The van der Waals surface area contributed by atoms with Gasteiger partial charge in [-0.3, -0.25) is 9.59 Å². The number of carbonyl (C=O) groups excluding carboxylic acids is 2. The second-order valence-corrected chi connectivity index (χ2v) is 9.18. The van der Waals surface area contributed by atoms with E-state index in [0.717, 1.165) is 32.1 Å². The van der Waals surface area contributed by atoms with Gasteiger partial charge in [0.25, 0.3) is 5.91 Å². The molecule has 1 aliphatic heterocycles. The Morgan fingerprint density at radius 1 is 1.21 bits per heavy atom. The third-order valence-corrected chi connectivity index (χ3v) is 7.21. The lowest BCUT2D eigenvalue weighted by atomic mass is 9.78. The van der Waals surface area contributed by atoms with Gasteiger partial charge in [0.05, 0.1) is 0 Å². The van der Waals surface area contributed by atoms with Crippen LogP contribution >= 0.6 is 0 Å². The Balaban J connectivity index is 1.49. The summed E-state index contributed by atoms with van der Waals surface area (Å²) >= 11 is 0. The molecule has 0 bridgehead atoms. The number of carbonyl (C=O) groups is 2. The first-order valence-electron chi connectivity index (χ1n) is 9.67. The zero-order valence-electron chi connectivity index (χ0n) is 16.3. The molecule has 156 valence electrons. The molecule has 10 heteroatoms. The SMILES string of the molecule is Cc1noc(C)c1S(=O)(=O)NCC(=O)OCC(=O)N1CCC[C@H]2CCCC[C@H]21. The van der Waals surface area contributed by atoms with Gasteiger partial charge in [-0.05, 0) is 45.4 Å². The average molecular weight is 413 g/mol. The lowest BCUT2D eigenvalue weighted by molar-refractivity contribution is -0.154. The average Bonchev–Trinajstić information content (AvgIpc) is 3.03. The van der Waals surface area contributed by atoms with Crippen molar-refractivity contribution in [1.29, 1.82) is 0 Å². The second kappa shape index (κ2) is 8.60. The normalized spacial score (nSPS) is 22.6. The molecular formula is C18H27N3O6S. The van der Waals surface area contributed by atoms with Gasteiger partial charge in [0.1, 0.15) is 17.1 Å². The van der Waals surface area contributed by atoms with Crippen LogP contribution in [0.5, 0.6) is 0 Å². The van der Waals surface area contributed by atoms with Crippen molar-refractivity contribution in [3.05, 3.63) is 11.5 Å². The Kier molecular flexibility index (Phi) is 6.39. The number of ether oxygens (including phenoxy) is 1. The molecule has 1 amide bonds. The highest BCUT2D eigenvalue weighted by Crippen LogP contribution is 2.35. The number of hydrogen-bond acceptors (Lipinski definition) is 7. The van der Waals surface area contributed by atoms with Gasteiger partial charge < -0.3 is 14.2 Å². The maximum absolute atomic E-state index is 12.5. The topological polar surface area (TPSA) is 119 Å². The summed E-state index contributed by atoms with van der Waals surface area (Å²) < 4.78 is 36.6. The Bertz CT molecular complexity index is 813. The summed E-state index contributed by atoms with van der Waals surface area (Å²) in [4.78, 5) is 26.2. The Hall–Kier alpha value is -1.94. The number of sulfonamides is 1. The molecule has 28 heavy (non-hydrogen) atoms. The van der Waals surface area contributed by atoms with Gasteiger partial charge in [0.15, 0.2) is 12.4 Å². The molecule has 9 nitrogen and oxygen atoms in total. The molecule has 1 aromatic heterocycles. The summed E-state index contributed by atoms with van der Waals surface area (Å²) in [6, 6.07) is 0.242. The van der Waals surface area contributed by atoms with Crippen molar-refractivity contribution >= 4 is 21.9 Å². The maximum Gasteiger partial charge on any atom is 0.321 e. The van der Waals surface area contributed by atoms with E-state index >= 15 is 0 Å². The molecular weight excluding hydrogens is 386 g/mol. The maximum atomic E-state index is 12.5. The minimum Gasteiger partial charge on any atom is -0.455 e. The molecule has 2 fully saturated rings. The van der Waals surface area contributed by atoms with Crippen molar-refractivity contribution < 1.29 is 27.3 Å². The predicted molar refractivity (Wildman–Crippen MR) is 98.8 cm³/mol. The van der Waals surface area contributed by atoms with Gasteiger partial charge >= 0.3 is 5.97 Å². The highest BCUT2D eigenvalue weighted by molar-refractivity contribution is 7.89. The molecule has 0 radical (unpaired) electrons. The molecule has 2 atom stereocenters. The Labute approximate surface area is 164 Å². The van der Waals surface area contributed by atoms with E-state index in [1.807, 2.05) is 4.90 Å². The number of piperidine rings is 1. The van der Waals surface area contributed by atoms with Crippen LogP contribution in [0, 0.1) is 19.8 Å². The fourth-order valence-electron chi connectivity index (χ4n) is 4.29. The van der Waals surface area contributed by atoms with Crippen molar-refractivity contribution in [2.24, 2.45) is 5.92 Å². The fraction of sp³-hybridized carbons (Fsp3) is 0.722. The van der Waals surface area contributed by atoms with Crippen molar-refractivity contribution in [2.75, 3.05) is 19.7 Å². The molecule has 0 spiro atoms. The fourth-order valence-corrected chi connectivity index (χ4v) is 5.59. The van der Waals surface area contributed by atoms with Crippen LogP contribution in [0.3, 0.4) is 0 Å². The second-order valence-electron chi connectivity index (χ2n) is 7.48. The monoisotopic (exact) mass is 413 g/mol. The van der Waals surface area contributed by atoms with Crippen LogP contribution in [-0.4, -0.2) is 56.1 Å². The number of aromatic nitrogens is 1. The summed E-state index contributed by atoms with van der Waals surface area (Å²) in [6.07, 6.45) is 6.60. The highest BCUT2D eigenvalue weighted by atomic mass is 32.2. The summed E-state index contributed by atoms with van der Waals surface area (Å²) in [6.45, 7) is 2.74. The van der Waals surface area contributed by atoms with E-state index < -0.39 is 22.5 Å². The van der Waals surface area contributed by atoms with Crippen molar-refractivity contribution in [1.82, 2.24) is 14.8 Å². The van der Waals surface area contributed by atoms with Gasteiger partial charge in [-0.1, -0.05) is 18.0 Å². The number of rotatable bonds is 6. The zero-order valence-corrected chi connectivity index (χ0v) is 17.1. The number of hydrogen-bond donors (Lipinski definition) is 1. The van der Waals surface area contributed by atoms with Crippen LogP contribution in [0.15, 0.2) is 9.42 Å². The van der Waals surface area contributed by atoms with Gasteiger partial charge in [0.2, 0.25) is 10.0 Å². The van der Waals surface area contributed by atoms with Gasteiger partial charge in [-0.15, -0.1) is 0 Å². The van der Waals surface area contributed by atoms with E-state index in [2.05, 4.69) is 9.88 Å². The van der Waals surface area contributed by atoms with E-state index in [1.54, 1.807) is 0 Å². The number of amides is 1. The number of aryl methyl sites for hydroxylation is 2. The summed E-state index contributed by atoms with van der Waals surface area (Å²) in [7, 11) is -3.95. The van der Waals surface area contributed by atoms with E-state index in [9.17, 15) is 18.0 Å². The molecule has 2 aliphatic rings. The smallest absolute Gasteiger partial charge is 0.321 e. The van der Waals surface area contributed by atoms with Crippen LogP contribution in [0.25, 0.3) is 0 Å². The van der Waals surface area contributed by atoms with E-state index in [-0.39, 0.29) is 34.9 Å². The van der Waals surface area contributed by atoms with Crippen LogP contribution in [-0.2, 0) is 24.3 Å². The minimum absolute atomic E-state index is 0.0898. The number of esters is 1. The lowest BCUT2D eigenvalue weighted by Crippen LogP contribution is -2.51. The number of nitrogens with zero attached hydrogens (tertiary/aromatic N) is 2. The molecule has 2 heterocycles. The van der Waals surface area contributed by atoms with Crippen LogP contribution in [0.1, 0.15) is 50.0 Å². The molecule has 0 aromatic carbocycles. The van der Waals surface area contributed by atoms with Crippen molar-refractivity contribution in [2.45, 2.75) is 63.3 Å². The largest absolute Gasteiger partial charge is 0.455 e. The van der Waals surface area contributed by atoms with E-state index in [4.69, 9.17) is 9.26 Å². The van der Waals surface area contributed by atoms with E-state index in [0.29, 0.717) is 12.5 Å². The Morgan fingerprint density at radius 2 is 1.93 bits per heavy atom. The standard InChI is InChI=1S/C18H27N3O6S/c1-12-18(13(2)27-20-12)28(24,25)19-10-17(23)26-11-16(22)21-9-5-7-14-6-3-4-8-15(14)21/h14-15,19H,3-11H2,1-2H3/t14-,15-/m1/s1. The molecule has 3 rings (SSSR count). The summed E-state index contributed by atoms with van der Waals surface area (Å²) in [5.74, 6) is -0.330. The third-order valence-electron chi connectivity index (χ3n) is 5.56. The highest BCUT2D eigenvalue weighted by Gasteiger charge is 2.35. The Morgan fingerprint density at radius 3 is 2.64 bits per heavy atom. The summed E-state index contributed by atoms with van der Waals surface area (Å²) in [5, 5.41) is 3.59. The number of fused-ring (bicyclic) bond motifs is 1.